The van der Waals surface area contributed by atoms with Gasteiger partial charge in [0.05, 0.1) is 11.3 Å². The summed E-state index contributed by atoms with van der Waals surface area (Å²) in [5.74, 6) is -1.63. The van der Waals surface area contributed by atoms with Gasteiger partial charge in [-0.15, -0.1) is 22.7 Å². The summed E-state index contributed by atoms with van der Waals surface area (Å²) in [6.45, 7) is 7.69. The number of amides is 3. The van der Waals surface area contributed by atoms with Gasteiger partial charge in [0.15, 0.2) is 0 Å². The van der Waals surface area contributed by atoms with Crippen molar-refractivity contribution in [3.63, 3.8) is 0 Å². The number of carbonyl (C=O) groups excluding carboxylic acids is 3. The van der Waals surface area contributed by atoms with Crippen LogP contribution in [0.2, 0.25) is 0 Å². The number of aromatic carboxylic acids is 1. The lowest BCUT2D eigenvalue weighted by atomic mass is 10.1. The molecule has 10 heteroatoms. The van der Waals surface area contributed by atoms with Crippen molar-refractivity contribution >= 4 is 114 Å². The number of carboxylic acid groups (broad SMARTS) is 1. The van der Waals surface area contributed by atoms with Crippen molar-refractivity contribution in [2.45, 2.75) is 13.8 Å². The molecule has 0 radical (unpaired) electrons. The average molecular weight is 1010 g/mol. The molecule has 10 rings (SSSR count). The Morgan fingerprint density at radius 2 is 0.770 bits per heavy atom. The van der Waals surface area contributed by atoms with Gasteiger partial charge in [0, 0.05) is 37.5 Å². The van der Waals surface area contributed by atoms with Crippen LogP contribution in [-0.4, -0.2) is 28.8 Å². The molecule has 3 amide bonds. The van der Waals surface area contributed by atoms with Crippen molar-refractivity contribution in [1.29, 1.82) is 0 Å². The molecule has 8 nitrogen and oxygen atoms in total. The Bertz CT molecular complexity index is 3670. The first-order valence-electron chi connectivity index (χ1n) is 23.6. The SMILES string of the molecule is C=Cc1ccc(C)c(NC(=O)c2ccccc2)c1.Cc1ccc(/C=C/c2ccc3sccc3c2)cc1NC(=O)c1ccccc1.O=C(Nc1cc(/C=C/c2ccc3sccc3c2)ccc1C(=O)O)c1ccccc1. The van der Waals surface area contributed by atoms with Crippen molar-refractivity contribution in [2.75, 3.05) is 16.0 Å². The van der Waals surface area contributed by atoms with Gasteiger partial charge in [-0.05, 0) is 171 Å². The largest absolute Gasteiger partial charge is 0.478 e. The number of hydrogen-bond acceptors (Lipinski definition) is 6. The summed E-state index contributed by atoms with van der Waals surface area (Å²) >= 11 is 3.45. The quantitative estimate of drug-likeness (QED) is 0.0908. The summed E-state index contributed by atoms with van der Waals surface area (Å²) < 4.78 is 2.53. The molecule has 0 atom stereocenters. The van der Waals surface area contributed by atoms with Gasteiger partial charge in [0.1, 0.15) is 0 Å². The van der Waals surface area contributed by atoms with Gasteiger partial charge in [0.25, 0.3) is 17.7 Å². The van der Waals surface area contributed by atoms with E-state index in [0.29, 0.717) is 16.7 Å². The Labute approximate surface area is 438 Å². The highest BCUT2D eigenvalue weighted by Gasteiger charge is 2.15. The van der Waals surface area contributed by atoms with Crippen LogP contribution in [0.3, 0.4) is 0 Å². The molecule has 0 unspecified atom stereocenters. The predicted molar refractivity (Wildman–Crippen MR) is 311 cm³/mol. The van der Waals surface area contributed by atoms with Crippen molar-refractivity contribution in [3.8, 4) is 0 Å². The number of aryl methyl sites for hydroxylation is 2. The van der Waals surface area contributed by atoms with E-state index in [1.165, 1.54) is 26.2 Å². The van der Waals surface area contributed by atoms with Gasteiger partial charge >= 0.3 is 5.97 Å². The van der Waals surface area contributed by atoms with Gasteiger partial charge in [-0.2, -0.15) is 0 Å². The molecule has 2 aromatic heterocycles. The van der Waals surface area contributed by atoms with E-state index in [4.69, 9.17) is 0 Å². The van der Waals surface area contributed by atoms with E-state index in [9.17, 15) is 24.3 Å². The second kappa shape index (κ2) is 24.8. The van der Waals surface area contributed by atoms with Crippen LogP contribution in [-0.2, 0) is 0 Å². The van der Waals surface area contributed by atoms with Gasteiger partial charge in [-0.1, -0.05) is 134 Å². The predicted octanol–water partition coefficient (Wildman–Crippen LogP) is 16.5. The fraction of sp³-hybridized carbons (Fsp3) is 0.0312. The van der Waals surface area contributed by atoms with Crippen molar-refractivity contribution in [3.05, 3.63) is 273 Å². The topological polar surface area (TPSA) is 125 Å². The van der Waals surface area contributed by atoms with E-state index in [1.54, 1.807) is 77.3 Å². The maximum Gasteiger partial charge on any atom is 0.337 e. The molecular formula is C64H51N3O5S2. The molecule has 10 aromatic rings. The van der Waals surface area contributed by atoms with E-state index in [2.05, 4.69) is 94.0 Å². The van der Waals surface area contributed by atoms with Gasteiger partial charge < -0.3 is 21.1 Å². The third-order valence-corrected chi connectivity index (χ3v) is 13.6. The normalized spacial score (nSPS) is 10.8. The summed E-state index contributed by atoms with van der Waals surface area (Å²) in [6.07, 6.45) is 9.81. The standard InChI is InChI=1S/C24H17NO3S.C24H19NOS.C16H15NO/c26-23(18-4-2-1-3-5-18)25-21-15-17(8-10-20(21)24(27)28)7-6-16-9-11-22-19(14-16)12-13-29-22;1-17-7-8-19(10-9-18-11-12-23-21(15-18)13-14-27-23)16-22(17)25-24(26)20-5-3-2-4-6-20;1-3-13-10-9-12(2)15(11-13)17-16(18)14-7-5-4-6-8-14/h1-15H,(H,25,26)(H,27,28);2-16H,1H3,(H,25,26);3-11H,1H2,2H3,(H,17,18)/b7-6+;10-9+;. The molecule has 0 fully saturated rings. The Kier molecular flexibility index (Phi) is 17.1. The van der Waals surface area contributed by atoms with Crippen LogP contribution in [0.15, 0.2) is 211 Å². The van der Waals surface area contributed by atoms with E-state index >= 15 is 0 Å². The minimum Gasteiger partial charge on any atom is -0.478 e. The zero-order valence-corrected chi connectivity index (χ0v) is 42.3. The molecule has 0 saturated heterocycles. The van der Waals surface area contributed by atoms with Gasteiger partial charge in [-0.25, -0.2) is 4.79 Å². The lowest BCUT2D eigenvalue weighted by Crippen LogP contribution is -2.14. The van der Waals surface area contributed by atoms with Crippen molar-refractivity contribution < 1.29 is 24.3 Å². The number of benzene rings is 8. The summed E-state index contributed by atoms with van der Waals surface area (Å²) in [7, 11) is 0. The van der Waals surface area contributed by atoms with Crippen LogP contribution in [0.5, 0.6) is 0 Å². The fourth-order valence-electron chi connectivity index (χ4n) is 7.65. The first-order valence-corrected chi connectivity index (χ1v) is 25.4. The first-order chi connectivity index (χ1) is 36.0. The van der Waals surface area contributed by atoms with Crippen LogP contribution in [0.1, 0.15) is 80.4 Å². The number of rotatable bonds is 12. The second-order valence-electron chi connectivity index (χ2n) is 17.0. The maximum atomic E-state index is 12.5. The Morgan fingerprint density at radius 3 is 1.19 bits per heavy atom. The highest BCUT2D eigenvalue weighted by molar-refractivity contribution is 7.17. The summed E-state index contributed by atoms with van der Waals surface area (Å²) in [6, 6.07) is 60.9. The maximum absolute atomic E-state index is 12.5. The molecule has 0 aliphatic heterocycles. The molecule has 0 aliphatic carbocycles. The molecule has 0 spiro atoms. The molecule has 2 heterocycles. The zero-order chi connectivity index (χ0) is 51.8. The lowest BCUT2D eigenvalue weighted by molar-refractivity contribution is 0.0697. The Morgan fingerprint density at radius 1 is 0.419 bits per heavy atom. The fourth-order valence-corrected chi connectivity index (χ4v) is 9.19. The number of anilines is 3. The van der Waals surface area contributed by atoms with E-state index in [0.717, 1.165) is 50.3 Å². The van der Waals surface area contributed by atoms with E-state index < -0.39 is 5.97 Å². The first kappa shape index (κ1) is 51.1. The highest BCUT2D eigenvalue weighted by Crippen LogP contribution is 2.27. The molecular weight excluding hydrogens is 955 g/mol. The number of carboxylic acids is 1. The number of hydrogen-bond donors (Lipinski definition) is 4. The average Bonchev–Trinajstić information content (AvgIpc) is 4.12. The van der Waals surface area contributed by atoms with Gasteiger partial charge in [0.2, 0.25) is 0 Å². The van der Waals surface area contributed by atoms with Crippen molar-refractivity contribution in [2.24, 2.45) is 0 Å². The molecule has 4 N–H and O–H groups in total. The van der Waals surface area contributed by atoms with Crippen LogP contribution in [0.4, 0.5) is 17.1 Å². The highest BCUT2D eigenvalue weighted by atomic mass is 32.1. The van der Waals surface area contributed by atoms with E-state index in [-0.39, 0.29) is 29.0 Å². The van der Waals surface area contributed by atoms with Crippen LogP contribution < -0.4 is 16.0 Å². The molecule has 0 aliphatic rings. The molecule has 0 saturated carbocycles. The lowest BCUT2D eigenvalue weighted by Gasteiger charge is -2.10. The van der Waals surface area contributed by atoms with E-state index in [1.807, 2.05) is 117 Å². The third-order valence-electron chi connectivity index (χ3n) is 11.8. The summed E-state index contributed by atoms with van der Waals surface area (Å²) in [4.78, 5) is 48.5. The third kappa shape index (κ3) is 13.8. The minimum absolute atomic E-state index is 0.0473. The summed E-state index contributed by atoms with van der Waals surface area (Å²) in [5, 5.41) is 24.7. The molecule has 0 bridgehead atoms. The monoisotopic (exact) mass is 1010 g/mol. The smallest absolute Gasteiger partial charge is 0.337 e. The molecule has 74 heavy (non-hydrogen) atoms. The van der Waals surface area contributed by atoms with Crippen LogP contribution in [0.25, 0.3) is 50.6 Å². The summed E-state index contributed by atoms with van der Waals surface area (Å²) in [5.41, 5.74) is 10.9. The number of nitrogens with one attached hydrogen (secondary N) is 3. The van der Waals surface area contributed by atoms with Crippen molar-refractivity contribution in [1.82, 2.24) is 0 Å². The number of fused-ring (bicyclic) bond motifs is 2. The minimum atomic E-state index is -1.09. The van der Waals surface area contributed by atoms with Gasteiger partial charge in [-0.3, -0.25) is 14.4 Å². The van der Waals surface area contributed by atoms with Crippen LogP contribution in [0, 0.1) is 13.8 Å². The Hall–Kier alpha value is -9.22. The number of thiophene rings is 2. The number of carbonyl (C=O) groups is 4. The second-order valence-corrected chi connectivity index (χ2v) is 18.9. The molecule has 8 aromatic carbocycles. The van der Waals surface area contributed by atoms with Crippen LogP contribution >= 0.6 is 22.7 Å². The molecule has 364 valence electrons. The Balaban J connectivity index is 0.000000152. The zero-order valence-electron chi connectivity index (χ0n) is 40.6.